The third-order valence-corrected chi connectivity index (χ3v) is 2.54. The van der Waals surface area contributed by atoms with Gasteiger partial charge in [-0.15, -0.1) is 0 Å². The summed E-state index contributed by atoms with van der Waals surface area (Å²) in [5.41, 5.74) is 5.13. The second kappa shape index (κ2) is 4.61. The van der Waals surface area contributed by atoms with E-state index >= 15 is 0 Å². The first-order chi connectivity index (χ1) is 7.42. The molecule has 0 aliphatic rings. The average molecular weight is 225 g/mol. The Morgan fingerprint density at radius 2 is 2.12 bits per heavy atom. The van der Waals surface area contributed by atoms with Gasteiger partial charge in [0.25, 0.3) is 0 Å². The maximum Gasteiger partial charge on any atom is 0.169 e. The van der Waals surface area contributed by atoms with Crippen LogP contribution in [-0.4, -0.2) is 19.4 Å². The Hall–Kier alpha value is -1.42. The zero-order valence-corrected chi connectivity index (χ0v) is 9.71. The fraction of sp³-hybridized carbons (Fsp3) is 0.417. The summed E-state index contributed by atoms with van der Waals surface area (Å²) in [6.45, 7) is 3.69. The van der Waals surface area contributed by atoms with Crippen LogP contribution in [0.3, 0.4) is 0 Å². The van der Waals surface area contributed by atoms with E-state index in [1.54, 1.807) is 19.9 Å². The van der Waals surface area contributed by atoms with Gasteiger partial charge in [0.1, 0.15) is 0 Å². The molecule has 0 aliphatic heterocycles. The van der Waals surface area contributed by atoms with Crippen molar-refractivity contribution in [2.24, 2.45) is 11.1 Å². The van der Waals surface area contributed by atoms with Gasteiger partial charge in [-0.25, -0.2) is 4.39 Å². The minimum atomic E-state index is -0.680. The van der Waals surface area contributed by atoms with Gasteiger partial charge in [0.05, 0.1) is 7.11 Å². The Morgan fingerprint density at radius 1 is 1.50 bits per heavy atom. The Bertz CT molecular complexity index is 402. The van der Waals surface area contributed by atoms with E-state index < -0.39 is 11.2 Å². The molecule has 0 atom stereocenters. The number of Topliss-reactive ketones (excluding diaryl/α,β-unsaturated/α-hetero) is 1. The molecule has 0 unspecified atom stereocenters. The van der Waals surface area contributed by atoms with Crippen molar-refractivity contribution >= 4 is 5.78 Å². The number of nitrogens with two attached hydrogens (primary N) is 1. The van der Waals surface area contributed by atoms with Gasteiger partial charge in [-0.05, 0) is 18.2 Å². The molecule has 16 heavy (non-hydrogen) atoms. The van der Waals surface area contributed by atoms with Crippen LogP contribution in [0.5, 0.6) is 5.75 Å². The van der Waals surface area contributed by atoms with Crippen LogP contribution in [0.25, 0.3) is 0 Å². The minimum absolute atomic E-state index is 0.127. The molecule has 2 N–H and O–H groups in total. The molecule has 1 aromatic carbocycles. The van der Waals surface area contributed by atoms with E-state index in [1.807, 2.05) is 0 Å². The smallest absolute Gasteiger partial charge is 0.169 e. The first kappa shape index (κ1) is 12.6. The van der Waals surface area contributed by atoms with Crippen LogP contribution in [0.4, 0.5) is 4.39 Å². The molecule has 4 heteroatoms. The van der Waals surface area contributed by atoms with E-state index in [4.69, 9.17) is 10.5 Å². The monoisotopic (exact) mass is 225 g/mol. The lowest BCUT2D eigenvalue weighted by Crippen LogP contribution is -2.32. The van der Waals surface area contributed by atoms with E-state index in [2.05, 4.69) is 0 Å². The predicted octanol–water partition coefficient (Wildman–Crippen LogP) is 2.00. The van der Waals surface area contributed by atoms with Crippen LogP contribution in [0.2, 0.25) is 0 Å². The molecular formula is C12H16FNO2. The highest BCUT2D eigenvalue weighted by Gasteiger charge is 2.27. The highest BCUT2D eigenvalue weighted by Crippen LogP contribution is 2.24. The third-order valence-electron chi connectivity index (χ3n) is 2.54. The largest absolute Gasteiger partial charge is 0.494 e. The number of ether oxygens (including phenoxy) is 1. The molecule has 0 aliphatic carbocycles. The molecule has 0 radical (unpaired) electrons. The number of carbonyl (C=O) groups excluding carboxylic acids is 1. The van der Waals surface area contributed by atoms with E-state index in [0.717, 1.165) is 0 Å². The van der Waals surface area contributed by atoms with Gasteiger partial charge in [0.15, 0.2) is 17.3 Å². The zero-order chi connectivity index (χ0) is 12.3. The van der Waals surface area contributed by atoms with E-state index in [1.165, 1.54) is 19.2 Å². The Morgan fingerprint density at radius 3 is 2.56 bits per heavy atom. The predicted molar refractivity (Wildman–Crippen MR) is 60.1 cm³/mol. The standard InChI is InChI=1S/C12H16FNO2/c1-12(2,7-14)11(15)8-4-5-10(16-3)9(13)6-8/h4-6H,7,14H2,1-3H3. The summed E-state index contributed by atoms with van der Waals surface area (Å²) in [6.07, 6.45) is 0. The lowest BCUT2D eigenvalue weighted by Gasteiger charge is -2.20. The average Bonchev–Trinajstić information content (AvgIpc) is 2.27. The van der Waals surface area contributed by atoms with Crippen molar-refractivity contribution in [3.05, 3.63) is 29.6 Å². The summed E-state index contributed by atoms with van der Waals surface area (Å²) in [4.78, 5) is 12.0. The summed E-state index contributed by atoms with van der Waals surface area (Å²) < 4.78 is 18.2. The van der Waals surface area contributed by atoms with Crippen molar-refractivity contribution < 1.29 is 13.9 Å². The second-order valence-corrected chi connectivity index (χ2v) is 4.27. The first-order valence-corrected chi connectivity index (χ1v) is 5.01. The normalized spacial score (nSPS) is 11.3. The number of halogens is 1. The highest BCUT2D eigenvalue weighted by atomic mass is 19.1. The highest BCUT2D eigenvalue weighted by molar-refractivity contribution is 6.00. The molecule has 0 saturated heterocycles. The van der Waals surface area contributed by atoms with Gasteiger partial charge in [-0.2, -0.15) is 0 Å². The van der Waals surface area contributed by atoms with Crippen LogP contribution in [-0.2, 0) is 0 Å². The van der Waals surface area contributed by atoms with E-state index in [0.29, 0.717) is 5.56 Å². The van der Waals surface area contributed by atoms with Gasteiger partial charge >= 0.3 is 0 Å². The van der Waals surface area contributed by atoms with Crippen molar-refractivity contribution in [2.75, 3.05) is 13.7 Å². The zero-order valence-electron chi connectivity index (χ0n) is 9.71. The maximum atomic E-state index is 13.4. The number of hydrogen-bond acceptors (Lipinski definition) is 3. The van der Waals surface area contributed by atoms with Crippen LogP contribution in [0, 0.1) is 11.2 Å². The molecule has 1 aromatic rings. The number of ketones is 1. The molecule has 0 spiro atoms. The molecule has 3 nitrogen and oxygen atoms in total. The summed E-state index contributed by atoms with van der Waals surface area (Å²) >= 11 is 0. The number of rotatable bonds is 4. The maximum absolute atomic E-state index is 13.4. The molecule has 0 saturated carbocycles. The third kappa shape index (κ3) is 2.39. The van der Waals surface area contributed by atoms with Crippen molar-refractivity contribution in [3.63, 3.8) is 0 Å². The van der Waals surface area contributed by atoms with Crippen LogP contribution in [0.1, 0.15) is 24.2 Å². The Kier molecular flexibility index (Phi) is 3.65. The summed E-state index contributed by atoms with van der Waals surface area (Å²) in [6, 6.07) is 4.16. The number of carbonyl (C=O) groups is 1. The molecular weight excluding hydrogens is 209 g/mol. The molecule has 0 fully saturated rings. The van der Waals surface area contributed by atoms with Crippen molar-refractivity contribution in [2.45, 2.75) is 13.8 Å². The Balaban J connectivity index is 3.07. The lowest BCUT2D eigenvalue weighted by molar-refractivity contribution is 0.0847. The van der Waals surface area contributed by atoms with Crippen molar-refractivity contribution in [1.29, 1.82) is 0 Å². The summed E-state index contributed by atoms with van der Waals surface area (Å²) in [5, 5.41) is 0. The first-order valence-electron chi connectivity index (χ1n) is 5.01. The van der Waals surface area contributed by atoms with Gasteiger partial charge in [0, 0.05) is 17.5 Å². The van der Waals surface area contributed by atoms with Crippen molar-refractivity contribution in [3.8, 4) is 5.75 Å². The van der Waals surface area contributed by atoms with Gasteiger partial charge in [0.2, 0.25) is 0 Å². The SMILES string of the molecule is COc1ccc(C(=O)C(C)(C)CN)cc1F. The quantitative estimate of drug-likeness (QED) is 0.797. The number of benzene rings is 1. The lowest BCUT2D eigenvalue weighted by atomic mass is 9.84. The molecule has 88 valence electrons. The molecule has 0 aromatic heterocycles. The van der Waals surface area contributed by atoms with E-state index in [9.17, 15) is 9.18 Å². The van der Waals surface area contributed by atoms with Gasteiger partial charge < -0.3 is 10.5 Å². The molecule has 1 rings (SSSR count). The topological polar surface area (TPSA) is 52.3 Å². The Labute approximate surface area is 94.4 Å². The van der Waals surface area contributed by atoms with Gasteiger partial charge in [-0.1, -0.05) is 13.8 Å². The van der Waals surface area contributed by atoms with Crippen LogP contribution in [0.15, 0.2) is 18.2 Å². The number of methoxy groups -OCH3 is 1. The second-order valence-electron chi connectivity index (χ2n) is 4.27. The van der Waals surface area contributed by atoms with E-state index in [-0.39, 0.29) is 18.1 Å². The fourth-order valence-electron chi connectivity index (χ4n) is 1.29. The summed E-state index contributed by atoms with van der Waals surface area (Å²) in [7, 11) is 1.38. The van der Waals surface area contributed by atoms with Gasteiger partial charge in [-0.3, -0.25) is 4.79 Å². The number of hydrogen-bond donors (Lipinski definition) is 1. The van der Waals surface area contributed by atoms with Crippen LogP contribution >= 0.6 is 0 Å². The van der Waals surface area contributed by atoms with Crippen molar-refractivity contribution in [1.82, 2.24) is 0 Å². The fourth-order valence-corrected chi connectivity index (χ4v) is 1.29. The van der Waals surface area contributed by atoms with Crippen LogP contribution < -0.4 is 10.5 Å². The molecule has 0 heterocycles. The summed E-state index contributed by atoms with van der Waals surface area (Å²) in [5.74, 6) is -0.583. The minimum Gasteiger partial charge on any atom is -0.494 e. The molecule has 0 bridgehead atoms. The molecule has 0 amide bonds.